The van der Waals surface area contributed by atoms with Crippen molar-refractivity contribution < 1.29 is 23.8 Å². The maximum absolute atomic E-state index is 12.2. The fraction of sp³-hybridized carbons (Fsp3) is 0.529. The molecule has 1 unspecified atom stereocenters. The van der Waals surface area contributed by atoms with E-state index in [-0.39, 0.29) is 19.1 Å². The number of carbonyl (C=O) groups is 2. The summed E-state index contributed by atoms with van der Waals surface area (Å²) in [6.45, 7) is 6.21. The molecule has 138 valence electrons. The molecule has 1 aliphatic rings. The highest BCUT2D eigenvalue weighted by molar-refractivity contribution is 5.83. The van der Waals surface area contributed by atoms with Crippen LogP contribution in [0.15, 0.2) is 24.3 Å². The van der Waals surface area contributed by atoms with Crippen LogP contribution in [0, 0.1) is 0 Å². The molecule has 1 atom stereocenters. The van der Waals surface area contributed by atoms with E-state index >= 15 is 0 Å². The SMILES string of the molecule is COc1ccc(NNC(=O)C2CN(C(=O)OC(C)(C)C)CCO2)cc1. The number of morpholine rings is 1. The molecule has 0 saturated carbocycles. The summed E-state index contributed by atoms with van der Waals surface area (Å²) in [6.07, 6.45) is -1.20. The van der Waals surface area contributed by atoms with Crippen LogP contribution in [0.1, 0.15) is 20.8 Å². The van der Waals surface area contributed by atoms with Crippen LogP contribution in [0.3, 0.4) is 0 Å². The number of ether oxygens (including phenoxy) is 3. The van der Waals surface area contributed by atoms with E-state index in [1.165, 1.54) is 4.90 Å². The van der Waals surface area contributed by atoms with Crippen molar-refractivity contribution in [3.63, 3.8) is 0 Å². The Labute approximate surface area is 147 Å². The number of nitrogens with zero attached hydrogens (tertiary/aromatic N) is 1. The van der Waals surface area contributed by atoms with Gasteiger partial charge in [0, 0.05) is 6.54 Å². The van der Waals surface area contributed by atoms with Crippen LogP contribution in [0.5, 0.6) is 5.75 Å². The maximum atomic E-state index is 12.2. The number of carbonyl (C=O) groups excluding carboxylic acids is 2. The lowest BCUT2D eigenvalue weighted by Crippen LogP contribution is -2.53. The van der Waals surface area contributed by atoms with E-state index in [4.69, 9.17) is 14.2 Å². The second kappa shape index (κ2) is 8.06. The maximum Gasteiger partial charge on any atom is 0.410 e. The van der Waals surface area contributed by atoms with Gasteiger partial charge in [-0.25, -0.2) is 4.79 Å². The molecule has 0 aliphatic carbocycles. The molecule has 1 aromatic rings. The van der Waals surface area contributed by atoms with Gasteiger partial charge in [-0.3, -0.25) is 15.6 Å². The quantitative estimate of drug-likeness (QED) is 0.804. The first-order valence-corrected chi connectivity index (χ1v) is 8.08. The number of hydrazine groups is 1. The monoisotopic (exact) mass is 351 g/mol. The minimum absolute atomic E-state index is 0.144. The standard InChI is InChI=1S/C17H25N3O5/c1-17(2,3)25-16(22)20-9-10-24-14(11-20)15(21)19-18-12-5-7-13(23-4)8-6-12/h5-8,14,18H,9-11H2,1-4H3,(H,19,21). The highest BCUT2D eigenvalue weighted by Crippen LogP contribution is 2.15. The van der Waals surface area contributed by atoms with Crippen LogP contribution in [0.25, 0.3) is 0 Å². The Morgan fingerprint density at radius 2 is 1.92 bits per heavy atom. The van der Waals surface area contributed by atoms with Gasteiger partial charge in [0.2, 0.25) is 0 Å². The summed E-state index contributed by atoms with van der Waals surface area (Å²) in [6, 6.07) is 7.09. The van der Waals surface area contributed by atoms with Crippen molar-refractivity contribution in [2.24, 2.45) is 0 Å². The van der Waals surface area contributed by atoms with Crippen LogP contribution in [0.2, 0.25) is 0 Å². The minimum atomic E-state index is -0.757. The van der Waals surface area contributed by atoms with Gasteiger partial charge in [-0.1, -0.05) is 0 Å². The van der Waals surface area contributed by atoms with Gasteiger partial charge in [0.25, 0.3) is 5.91 Å². The summed E-state index contributed by atoms with van der Waals surface area (Å²) in [5.74, 6) is 0.365. The van der Waals surface area contributed by atoms with E-state index in [2.05, 4.69) is 10.9 Å². The molecule has 1 aromatic carbocycles. The number of rotatable bonds is 4. The second-order valence-corrected chi connectivity index (χ2v) is 6.63. The van der Waals surface area contributed by atoms with Crippen molar-refractivity contribution in [2.45, 2.75) is 32.5 Å². The lowest BCUT2D eigenvalue weighted by atomic mass is 10.2. The van der Waals surface area contributed by atoms with Crippen LogP contribution < -0.4 is 15.6 Å². The molecular formula is C17H25N3O5. The van der Waals surface area contributed by atoms with Gasteiger partial charge < -0.3 is 19.1 Å². The molecule has 1 fully saturated rings. The Bertz CT molecular complexity index is 597. The van der Waals surface area contributed by atoms with Crippen LogP contribution in [-0.4, -0.2) is 55.4 Å². The Morgan fingerprint density at radius 3 is 2.52 bits per heavy atom. The second-order valence-electron chi connectivity index (χ2n) is 6.63. The van der Waals surface area contributed by atoms with Crippen molar-refractivity contribution in [3.8, 4) is 5.75 Å². The molecule has 2 rings (SSSR count). The molecule has 0 radical (unpaired) electrons. The van der Waals surface area contributed by atoms with Crippen molar-refractivity contribution in [3.05, 3.63) is 24.3 Å². The summed E-state index contributed by atoms with van der Waals surface area (Å²) in [5.41, 5.74) is 5.51. The van der Waals surface area contributed by atoms with Crippen molar-refractivity contribution in [1.29, 1.82) is 0 Å². The normalized spacial score (nSPS) is 17.6. The van der Waals surface area contributed by atoms with Gasteiger partial charge in [0.15, 0.2) is 6.10 Å². The van der Waals surface area contributed by atoms with E-state index in [1.807, 2.05) is 0 Å². The number of hydrogen-bond acceptors (Lipinski definition) is 6. The third kappa shape index (κ3) is 5.82. The van der Waals surface area contributed by atoms with Gasteiger partial charge in [-0.15, -0.1) is 0 Å². The average Bonchev–Trinajstić information content (AvgIpc) is 2.58. The summed E-state index contributed by atoms with van der Waals surface area (Å²) in [7, 11) is 1.58. The molecule has 1 heterocycles. The molecule has 1 aliphatic heterocycles. The first-order chi connectivity index (χ1) is 11.8. The topological polar surface area (TPSA) is 89.1 Å². The molecule has 8 heteroatoms. The van der Waals surface area contributed by atoms with Gasteiger partial charge in [0.1, 0.15) is 11.4 Å². The van der Waals surface area contributed by atoms with E-state index in [9.17, 15) is 9.59 Å². The molecular weight excluding hydrogens is 326 g/mol. The van der Waals surface area contributed by atoms with Gasteiger partial charge in [-0.2, -0.15) is 0 Å². The van der Waals surface area contributed by atoms with Crippen molar-refractivity contribution >= 4 is 17.7 Å². The molecule has 0 bridgehead atoms. The van der Waals surface area contributed by atoms with Crippen LogP contribution >= 0.6 is 0 Å². The molecule has 1 saturated heterocycles. The van der Waals surface area contributed by atoms with Crippen molar-refractivity contribution in [2.75, 3.05) is 32.2 Å². The summed E-state index contributed by atoms with van der Waals surface area (Å²) >= 11 is 0. The van der Waals surface area contributed by atoms with E-state index in [0.29, 0.717) is 12.2 Å². The lowest BCUT2D eigenvalue weighted by molar-refractivity contribution is -0.137. The molecule has 0 aromatic heterocycles. The predicted molar refractivity (Wildman–Crippen MR) is 92.3 cm³/mol. The predicted octanol–water partition coefficient (Wildman–Crippen LogP) is 1.77. The van der Waals surface area contributed by atoms with Gasteiger partial charge in [-0.05, 0) is 45.0 Å². The third-order valence-corrected chi connectivity index (χ3v) is 3.43. The largest absolute Gasteiger partial charge is 0.497 e. The van der Waals surface area contributed by atoms with Crippen molar-refractivity contribution in [1.82, 2.24) is 10.3 Å². The lowest BCUT2D eigenvalue weighted by Gasteiger charge is -2.33. The molecule has 8 nitrogen and oxygen atoms in total. The molecule has 0 spiro atoms. The fourth-order valence-electron chi connectivity index (χ4n) is 2.19. The van der Waals surface area contributed by atoms with Gasteiger partial charge in [0.05, 0.1) is 25.9 Å². The number of nitrogens with one attached hydrogen (secondary N) is 2. The van der Waals surface area contributed by atoms with Crippen LogP contribution in [-0.2, 0) is 14.3 Å². The van der Waals surface area contributed by atoms with E-state index in [0.717, 1.165) is 5.75 Å². The average molecular weight is 351 g/mol. The zero-order valence-corrected chi connectivity index (χ0v) is 15.0. The zero-order valence-electron chi connectivity index (χ0n) is 15.0. The molecule has 2 N–H and O–H groups in total. The first-order valence-electron chi connectivity index (χ1n) is 8.08. The zero-order chi connectivity index (χ0) is 18.4. The molecule has 2 amide bonds. The number of amides is 2. The summed E-state index contributed by atoms with van der Waals surface area (Å²) < 4.78 is 15.9. The highest BCUT2D eigenvalue weighted by atomic mass is 16.6. The number of benzene rings is 1. The number of anilines is 1. The fourth-order valence-corrected chi connectivity index (χ4v) is 2.19. The van der Waals surface area contributed by atoms with E-state index < -0.39 is 17.8 Å². The molecule has 25 heavy (non-hydrogen) atoms. The Morgan fingerprint density at radius 1 is 1.24 bits per heavy atom. The summed E-state index contributed by atoms with van der Waals surface area (Å²) in [4.78, 5) is 25.8. The minimum Gasteiger partial charge on any atom is -0.497 e. The first kappa shape index (κ1) is 18.9. The number of hydrogen-bond donors (Lipinski definition) is 2. The summed E-state index contributed by atoms with van der Waals surface area (Å²) in [5, 5.41) is 0. The van der Waals surface area contributed by atoms with Gasteiger partial charge >= 0.3 is 6.09 Å². The van der Waals surface area contributed by atoms with Crippen LogP contribution in [0.4, 0.5) is 10.5 Å². The smallest absolute Gasteiger partial charge is 0.410 e. The Balaban J connectivity index is 1.85. The Kier molecular flexibility index (Phi) is 6.08. The number of methoxy groups -OCH3 is 1. The Hall–Kier alpha value is -2.48. The highest BCUT2D eigenvalue weighted by Gasteiger charge is 2.31. The third-order valence-electron chi connectivity index (χ3n) is 3.43. The van der Waals surface area contributed by atoms with E-state index in [1.54, 1.807) is 52.1 Å².